The maximum atomic E-state index is 11.7. The normalized spacial score (nSPS) is 10.2. The fraction of sp³-hybridized carbons (Fsp3) is 0.167. The van der Waals surface area contributed by atoms with Crippen LogP contribution in [0.3, 0.4) is 0 Å². The zero-order chi connectivity index (χ0) is 17.7. The van der Waals surface area contributed by atoms with Crippen molar-refractivity contribution in [2.24, 2.45) is 0 Å². The van der Waals surface area contributed by atoms with E-state index >= 15 is 0 Å². The summed E-state index contributed by atoms with van der Waals surface area (Å²) in [6, 6.07) is 12.9. The Morgan fingerprint density at radius 2 is 1.92 bits per heavy atom. The highest BCUT2D eigenvalue weighted by molar-refractivity contribution is 6.59. The highest BCUT2D eigenvalue weighted by Crippen LogP contribution is 2.24. The molecule has 124 valence electrons. The summed E-state index contributed by atoms with van der Waals surface area (Å²) in [5.41, 5.74) is 3.62. The quantitative estimate of drug-likeness (QED) is 0.551. The Balaban J connectivity index is 2.51. The number of hydrogen-bond acceptors (Lipinski definition) is 4. The Morgan fingerprint density at radius 3 is 2.54 bits per heavy atom. The Labute approximate surface area is 142 Å². The van der Waals surface area contributed by atoms with Crippen LogP contribution in [0.15, 0.2) is 55.1 Å². The first-order chi connectivity index (χ1) is 11.4. The molecule has 3 N–H and O–H groups in total. The van der Waals surface area contributed by atoms with E-state index in [4.69, 9.17) is 0 Å². The third-order valence-corrected chi connectivity index (χ3v) is 3.77. The van der Waals surface area contributed by atoms with Gasteiger partial charge in [-0.1, -0.05) is 36.9 Å². The van der Waals surface area contributed by atoms with Crippen LogP contribution in [-0.4, -0.2) is 37.2 Å². The Morgan fingerprint density at radius 1 is 1.21 bits per heavy atom. The maximum Gasteiger partial charge on any atom is 0.488 e. The van der Waals surface area contributed by atoms with E-state index in [1.807, 2.05) is 43.3 Å². The smallest absolute Gasteiger partial charge is 0.423 e. The lowest BCUT2D eigenvalue weighted by atomic mass is 9.75. The fourth-order valence-electron chi connectivity index (χ4n) is 2.63. The van der Waals surface area contributed by atoms with Crippen LogP contribution in [0, 0.1) is 0 Å². The molecule has 0 saturated heterocycles. The minimum atomic E-state index is -1.62. The summed E-state index contributed by atoms with van der Waals surface area (Å²) in [5.74, 6) is -0.346. The van der Waals surface area contributed by atoms with E-state index in [2.05, 4.69) is 11.9 Å². The first kappa shape index (κ1) is 17.8. The van der Waals surface area contributed by atoms with Gasteiger partial charge >= 0.3 is 7.12 Å². The van der Waals surface area contributed by atoms with Gasteiger partial charge in [-0.25, -0.2) is 0 Å². The molecule has 5 nitrogen and oxygen atoms in total. The van der Waals surface area contributed by atoms with Crippen LogP contribution >= 0.6 is 0 Å². The van der Waals surface area contributed by atoms with Gasteiger partial charge < -0.3 is 20.3 Å². The van der Waals surface area contributed by atoms with Gasteiger partial charge in [0.1, 0.15) is 0 Å². The highest BCUT2D eigenvalue weighted by atomic mass is 16.4. The topological polar surface area (TPSA) is 72.8 Å². The average molecular weight is 324 g/mol. The van der Waals surface area contributed by atoms with Crippen molar-refractivity contribution in [2.45, 2.75) is 6.42 Å². The number of carbonyl (C=O) groups is 1. The van der Waals surface area contributed by atoms with Crippen molar-refractivity contribution < 1.29 is 14.8 Å². The summed E-state index contributed by atoms with van der Waals surface area (Å²) < 4.78 is 0. The van der Waals surface area contributed by atoms with Crippen molar-refractivity contribution in [3.8, 4) is 0 Å². The van der Waals surface area contributed by atoms with Crippen LogP contribution in [0.1, 0.15) is 11.1 Å². The maximum absolute atomic E-state index is 11.7. The van der Waals surface area contributed by atoms with Crippen molar-refractivity contribution >= 4 is 29.9 Å². The number of benzene rings is 2. The summed E-state index contributed by atoms with van der Waals surface area (Å²) in [6.45, 7) is 3.45. The van der Waals surface area contributed by atoms with Crippen molar-refractivity contribution in [3.63, 3.8) is 0 Å². The summed E-state index contributed by atoms with van der Waals surface area (Å²) in [6.07, 6.45) is 1.63. The monoisotopic (exact) mass is 324 g/mol. The van der Waals surface area contributed by atoms with Gasteiger partial charge in [0.25, 0.3) is 0 Å². The number of rotatable bonds is 6. The molecule has 0 saturated carbocycles. The molecule has 0 bridgehead atoms. The van der Waals surface area contributed by atoms with Crippen molar-refractivity contribution in [1.29, 1.82) is 0 Å². The van der Waals surface area contributed by atoms with Crippen LogP contribution in [0.4, 0.5) is 11.4 Å². The first-order valence-electron chi connectivity index (χ1n) is 7.60. The molecule has 0 aliphatic rings. The van der Waals surface area contributed by atoms with Crippen molar-refractivity contribution in [2.75, 3.05) is 24.3 Å². The standard InChI is InChI=1S/C18H21BN2O3/c1-4-18(22)20-16-10-7-9-15(19(23)24)14(16)12-13-8-5-6-11-17(13)21(2)3/h4-11,23-24H,1,12H2,2-3H3,(H,20,22). The second-order valence-corrected chi connectivity index (χ2v) is 5.64. The Bertz CT molecular complexity index is 745. The van der Waals surface area contributed by atoms with Gasteiger partial charge in [0.2, 0.25) is 5.91 Å². The minimum absolute atomic E-state index is 0.346. The highest BCUT2D eigenvalue weighted by Gasteiger charge is 2.20. The predicted molar refractivity (Wildman–Crippen MR) is 98.7 cm³/mol. The Hall–Kier alpha value is -2.57. The van der Waals surface area contributed by atoms with Crippen LogP contribution < -0.4 is 15.7 Å². The molecule has 2 aromatic rings. The first-order valence-corrected chi connectivity index (χ1v) is 7.60. The van der Waals surface area contributed by atoms with E-state index in [-0.39, 0.29) is 5.91 Å². The van der Waals surface area contributed by atoms with Gasteiger partial charge in [-0.15, -0.1) is 0 Å². The van der Waals surface area contributed by atoms with Gasteiger partial charge in [-0.05, 0) is 34.8 Å². The number of anilines is 2. The number of amides is 1. The third kappa shape index (κ3) is 4.04. The van der Waals surface area contributed by atoms with Crippen LogP contribution in [0.25, 0.3) is 0 Å². The summed E-state index contributed by atoms with van der Waals surface area (Å²) in [5, 5.41) is 22.1. The minimum Gasteiger partial charge on any atom is -0.423 e. The summed E-state index contributed by atoms with van der Waals surface area (Å²) >= 11 is 0. The second-order valence-electron chi connectivity index (χ2n) is 5.64. The summed E-state index contributed by atoms with van der Waals surface area (Å²) in [4.78, 5) is 13.7. The lowest BCUT2D eigenvalue weighted by Crippen LogP contribution is -2.34. The molecule has 0 spiro atoms. The van der Waals surface area contributed by atoms with Gasteiger partial charge in [0.05, 0.1) is 0 Å². The van der Waals surface area contributed by atoms with Gasteiger partial charge in [0, 0.05) is 31.9 Å². The van der Waals surface area contributed by atoms with Crippen LogP contribution in [0.2, 0.25) is 0 Å². The number of carbonyl (C=O) groups excluding carboxylic acids is 1. The van der Waals surface area contributed by atoms with E-state index < -0.39 is 7.12 Å². The van der Waals surface area contributed by atoms with Gasteiger partial charge in [-0.3, -0.25) is 4.79 Å². The largest absolute Gasteiger partial charge is 0.488 e. The molecule has 0 aliphatic heterocycles. The predicted octanol–water partition coefficient (Wildman–Crippen LogP) is 1.15. The zero-order valence-corrected chi connectivity index (χ0v) is 13.9. The molecular weight excluding hydrogens is 303 g/mol. The van der Waals surface area contributed by atoms with Crippen molar-refractivity contribution in [3.05, 3.63) is 66.2 Å². The van der Waals surface area contributed by atoms with Gasteiger partial charge in [0.15, 0.2) is 0 Å². The molecule has 2 aromatic carbocycles. The second kappa shape index (κ2) is 7.81. The lowest BCUT2D eigenvalue weighted by molar-refractivity contribution is -0.111. The van der Waals surface area contributed by atoms with E-state index in [1.54, 1.807) is 18.2 Å². The molecule has 0 unspecified atom stereocenters. The number of nitrogens with one attached hydrogen (secondary N) is 1. The third-order valence-electron chi connectivity index (χ3n) is 3.77. The Kier molecular flexibility index (Phi) is 5.79. The molecule has 0 atom stereocenters. The molecule has 2 rings (SSSR count). The molecule has 24 heavy (non-hydrogen) atoms. The summed E-state index contributed by atoms with van der Waals surface area (Å²) in [7, 11) is 2.28. The molecular formula is C18H21BN2O3. The van der Waals surface area contributed by atoms with E-state index in [0.29, 0.717) is 23.1 Å². The van der Waals surface area contributed by atoms with Crippen LogP contribution in [-0.2, 0) is 11.2 Å². The fourth-order valence-corrected chi connectivity index (χ4v) is 2.63. The molecule has 0 heterocycles. The van der Waals surface area contributed by atoms with Crippen molar-refractivity contribution in [1.82, 2.24) is 0 Å². The van der Waals surface area contributed by atoms with Crippen LogP contribution in [0.5, 0.6) is 0 Å². The molecule has 1 amide bonds. The van der Waals surface area contributed by atoms with E-state index in [1.165, 1.54) is 6.08 Å². The molecule has 0 fully saturated rings. The number of nitrogens with zero attached hydrogens (tertiary/aromatic N) is 1. The SMILES string of the molecule is C=CC(=O)Nc1cccc(B(O)O)c1Cc1ccccc1N(C)C. The molecule has 0 aromatic heterocycles. The molecule has 6 heteroatoms. The molecule has 0 aliphatic carbocycles. The number of para-hydroxylation sites is 1. The van der Waals surface area contributed by atoms with Gasteiger partial charge in [-0.2, -0.15) is 0 Å². The van der Waals surface area contributed by atoms with E-state index in [9.17, 15) is 14.8 Å². The zero-order valence-electron chi connectivity index (χ0n) is 13.9. The van der Waals surface area contributed by atoms with E-state index in [0.717, 1.165) is 11.3 Å². The lowest BCUT2D eigenvalue weighted by Gasteiger charge is -2.20. The number of hydrogen-bond donors (Lipinski definition) is 3. The average Bonchev–Trinajstić information content (AvgIpc) is 2.56. The molecule has 0 radical (unpaired) electrons.